The maximum Gasteiger partial charge on any atom is 0.0159 e. The fourth-order valence-electron chi connectivity index (χ4n) is 10.0. The lowest BCUT2D eigenvalue weighted by atomic mass is 9.69. The molecule has 0 spiro atoms. The van der Waals surface area contributed by atoms with Crippen molar-refractivity contribution in [3.63, 3.8) is 0 Å². The molecule has 0 nitrogen and oxygen atoms in total. The Bertz CT molecular complexity index is 2810. The van der Waals surface area contributed by atoms with Crippen LogP contribution in [0.3, 0.4) is 0 Å². The van der Waals surface area contributed by atoms with E-state index < -0.39 is 0 Å². The zero-order valence-corrected chi connectivity index (χ0v) is 40.5. The minimum absolute atomic E-state index is 0.0823. The maximum absolute atomic E-state index is 3.91. The first kappa shape index (κ1) is 46.7. The molecule has 65 heavy (non-hydrogen) atoms. The van der Waals surface area contributed by atoms with Crippen molar-refractivity contribution < 1.29 is 0 Å². The fourth-order valence-corrected chi connectivity index (χ4v) is 10.0. The molecule has 0 aliphatic heterocycles. The zero-order valence-electron chi connectivity index (χ0n) is 40.5. The molecule has 3 atom stereocenters. The second kappa shape index (κ2) is 20.7. The summed E-state index contributed by atoms with van der Waals surface area (Å²) in [5, 5.41) is 2.70. The normalized spacial score (nSPS) is 18.7. The van der Waals surface area contributed by atoms with Crippen molar-refractivity contribution in [3.05, 3.63) is 245 Å². The highest BCUT2D eigenvalue weighted by Crippen LogP contribution is 2.51. The molecule has 0 heteroatoms. The Morgan fingerprint density at radius 3 is 2.15 bits per heavy atom. The molecule has 0 radical (unpaired) electrons. The van der Waals surface area contributed by atoms with E-state index in [2.05, 4.69) is 221 Å². The molecule has 5 aromatic carbocycles. The van der Waals surface area contributed by atoms with Gasteiger partial charge in [0.1, 0.15) is 0 Å². The van der Waals surface area contributed by atoms with Crippen LogP contribution in [-0.4, -0.2) is 0 Å². The van der Waals surface area contributed by atoms with E-state index >= 15 is 0 Å². The summed E-state index contributed by atoms with van der Waals surface area (Å²) < 4.78 is 0. The smallest absolute Gasteiger partial charge is 0.0159 e. The van der Waals surface area contributed by atoms with E-state index in [1.807, 2.05) is 12.2 Å². The molecule has 0 amide bonds. The zero-order chi connectivity index (χ0) is 46.3. The van der Waals surface area contributed by atoms with Crippen LogP contribution in [0.1, 0.15) is 111 Å². The Kier molecular flexibility index (Phi) is 14.9. The number of allylic oxidation sites excluding steroid dienone is 17. The average Bonchev–Trinajstić information content (AvgIpc) is 3.53. The minimum Gasteiger partial charge on any atom is -0.0991 e. The lowest BCUT2D eigenvalue weighted by Gasteiger charge is -2.35. The van der Waals surface area contributed by atoms with Gasteiger partial charge in [0.25, 0.3) is 0 Å². The Morgan fingerprint density at radius 2 is 1.45 bits per heavy atom. The van der Waals surface area contributed by atoms with Gasteiger partial charge in [-0.2, -0.15) is 0 Å². The molecule has 9 rings (SSSR count). The van der Waals surface area contributed by atoms with Gasteiger partial charge in [-0.3, -0.25) is 0 Å². The number of rotatable bonds is 10. The van der Waals surface area contributed by atoms with Crippen LogP contribution >= 0.6 is 0 Å². The molecule has 4 aliphatic rings. The monoisotopic (exact) mass is 851 g/mol. The van der Waals surface area contributed by atoms with Crippen molar-refractivity contribution >= 4 is 27.5 Å². The number of benzene rings is 5. The van der Waals surface area contributed by atoms with E-state index in [0.717, 1.165) is 43.3 Å². The van der Waals surface area contributed by atoms with Gasteiger partial charge in [-0.05, 0) is 141 Å². The lowest BCUT2D eigenvalue weighted by molar-refractivity contribution is 0.659. The fraction of sp³-hybridized carbons (Fsp3) is 0.262. The molecule has 4 aliphatic carbocycles. The standard InChI is InChI=1S/C31H30.C23H24.C11H16/c1-4-9-28-29(24-17-14-21(2)15-18-24)20-25-11-6-8-13-27(25)31(28)30-22(3)16-19-23-10-5-7-12-26(23)30;1-15-5-8-17(9-6-15)18-10-12-20-19-11-7-16(2)13-21(19)23(3,4)22(20)14-18;1-5-7-9-11(4)10(3)8-6-2/h5-8,10-20,25,27H,4,9H2,1-3H3;5,7-15H,6H2,1-4H3;5,7,9H,1,3-4,6,8H2,2H3/b;;9-7-. The van der Waals surface area contributed by atoms with Crippen LogP contribution in [0.5, 0.6) is 0 Å². The molecule has 0 bridgehead atoms. The van der Waals surface area contributed by atoms with Gasteiger partial charge in [-0.25, -0.2) is 0 Å². The van der Waals surface area contributed by atoms with Crippen molar-refractivity contribution in [2.45, 2.75) is 92.9 Å². The highest BCUT2D eigenvalue weighted by molar-refractivity contribution is 6.02. The van der Waals surface area contributed by atoms with E-state index in [1.165, 1.54) is 88.7 Å². The summed E-state index contributed by atoms with van der Waals surface area (Å²) >= 11 is 0. The third-order valence-corrected chi connectivity index (χ3v) is 13.7. The average molecular weight is 851 g/mol. The third-order valence-electron chi connectivity index (χ3n) is 13.7. The largest absolute Gasteiger partial charge is 0.0991 e. The van der Waals surface area contributed by atoms with Gasteiger partial charge in [0.15, 0.2) is 0 Å². The lowest BCUT2D eigenvalue weighted by Crippen LogP contribution is -2.20. The van der Waals surface area contributed by atoms with Crippen LogP contribution in [0.25, 0.3) is 38.6 Å². The van der Waals surface area contributed by atoms with Crippen molar-refractivity contribution in [3.8, 4) is 11.1 Å². The van der Waals surface area contributed by atoms with E-state index in [0.29, 0.717) is 17.8 Å². The van der Waals surface area contributed by atoms with Crippen LogP contribution in [0, 0.1) is 38.5 Å². The van der Waals surface area contributed by atoms with Crippen LogP contribution in [0.15, 0.2) is 200 Å². The predicted octanol–water partition coefficient (Wildman–Crippen LogP) is 18.4. The minimum atomic E-state index is 0.0823. The van der Waals surface area contributed by atoms with Crippen LogP contribution < -0.4 is 0 Å². The Balaban J connectivity index is 0.000000163. The first-order valence-electron chi connectivity index (χ1n) is 24.0. The topological polar surface area (TPSA) is 0 Å². The SMILES string of the molecule is C=C/C=C\C(=C)C(=C)CCC.CCCC1=C(c2c(C)ccc3ccccc23)C2C=CC=CC2C=C1c1ccc(C)cc1.Cc1ccc2c(c1)C(C)(C)c1cc(C3=CCC(C)C=C3)ccc1-2. The maximum atomic E-state index is 3.91. The molecule has 0 aromatic heterocycles. The summed E-state index contributed by atoms with van der Waals surface area (Å²) in [6, 6.07) is 36.4. The molecule has 0 heterocycles. The highest BCUT2D eigenvalue weighted by Gasteiger charge is 2.36. The Labute approximate surface area is 392 Å². The number of hydrogen-bond acceptors (Lipinski definition) is 0. The second-order valence-electron chi connectivity index (χ2n) is 19.1. The van der Waals surface area contributed by atoms with Crippen LogP contribution in [0.4, 0.5) is 0 Å². The third kappa shape index (κ3) is 10.2. The molecular formula is C65H70. The predicted molar refractivity (Wildman–Crippen MR) is 287 cm³/mol. The summed E-state index contributed by atoms with van der Waals surface area (Å²) in [6.07, 6.45) is 29.8. The number of hydrogen-bond donors (Lipinski definition) is 0. The highest BCUT2D eigenvalue weighted by atomic mass is 14.4. The van der Waals surface area contributed by atoms with Gasteiger partial charge in [-0.1, -0.05) is 236 Å². The summed E-state index contributed by atoms with van der Waals surface area (Å²) in [5.74, 6) is 1.46. The molecule has 5 aromatic rings. The van der Waals surface area contributed by atoms with E-state index in [1.54, 1.807) is 6.08 Å². The van der Waals surface area contributed by atoms with Gasteiger partial charge in [-0.15, -0.1) is 0 Å². The quantitative estimate of drug-likeness (QED) is 0.123. The second-order valence-corrected chi connectivity index (χ2v) is 19.1. The number of fused-ring (bicyclic) bond motifs is 5. The van der Waals surface area contributed by atoms with Gasteiger partial charge in [0.2, 0.25) is 0 Å². The molecule has 3 unspecified atom stereocenters. The first-order chi connectivity index (χ1) is 31.4. The summed E-state index contributed by atoms with van der Waals surface area (Å²) in [5.41, 5.74) is 21.9. The number of aryl methyl sites for hydroxylation is 3. The molecular weight excluding hydrogens is 781 g/mol. The Morgan fingerprint density at radius 1 is 0.754 bits per heavy atom. The van der Waals surface area contributed by atoms with Crippen molar-refractivity contribution in [1.82, 2.24) is 0 Å². The van der Waals surface area contributed by atoms with Gasteiger partial charge >= 0.3 is 0 Å². The molecule has 0 saturated carbocycles. The van der Waals surface area contributed by atoms with Gasteiger partial charge in [0.05, 0.1) is 0 Å². The van der Waals surface area contributed by atoms with Gasteiger partial charge in [0, 0.05) is 17.3 Å². The first-order valence-corrected chi connectivity index (χ1v) is 24.0. The van der Waals surface area contributed by atoms with Gasteiger partial charge < -0.3 is 0 Å². The van der Waals surface area contributed by atoms with Crippen molar-refractivity contribution in [1.29, 1.82) is 0 Å². The molecule has 0 fully saturated rings. The Hall–Kier alpha value is -6.24. The van der Waals surface area contributed by atoms with Crippen molar-refractivity contribution in [2.24, 2.45) is 17.8 Å². The summed E-state index contributed by atoms with van der Waals surface area (Å²) in [7, 11) is 0. The van der Waals surface area contributed by atoms with Crippen LogP contribution in [0.2, 0.25) is 0 Å². The van der Waals surface area contributed by atoms with E-state index in [9.17, 15) is 0 Å². The van der Waals surface area contributed by atoms with Crippen LogP contribution in [-0.2, 0) is 5.41 Å². The van der Waals surface area contributed by atoms with E-state index in [4.69, 9.17) is 0 Å². The molecule has 0 N–H and O–H groups in total. The summed E-state index contributed by atoms with van der Waals surface area (Å²) in [6.45, 7) is 29.4. The summed E-state index contributed by atoms with van der Waals surface area (Å²) in [4.78, 5) is 0. The molecule has 330 valence electrons. The van der Waals surface area contributed by atoms with Crippen molar-refractivity contribution in [2.75, 3.05) is 0 Å². The van der Waals surface area contributed by atoms with E-state index in [-0.39, 0.29) is 5.41 Å². The molecule has 0 saturated heterocycles.